The SMILES string of the molecule is CC(C)C[C@@H]1NC(=O)[C@@H](Cc2ccccc2)NC(=O)[C@H](CCN)NC(=O)[C@@H](NC(=O)[C@H](CCN)NC(=O)[C@@H](NC(=O)[C@H](C)N)[C@@H](C)O)CCNC(=O)[C@H]([C@@H](C)O)NC(=O)[C@H](CCN)NC(=O)[C@H](CCN)NC1=O. The average molecular weight is 1030 g/mol. The van der Waals surface area contributed by atoms with E-state index in [1.165, 1.54) is 20.8 Å². The summed E-state index contributed by atoms with van der Waals surface area (Å²) < 4.78 is 0. The van der Waals surface area contributed by atoms with Crippen molar-refractivity contribution >= 4 is 59.1 Å². The quantitative estimate of drug-likeness (QED) is 0.0577. The normalized spacial score (nSPS) is 24.3. The Labute approximate surface area is 424 Å². The fourth-order valence-electron chi connectivity index (χ4n) is 7.47. The van der Waals surface area contributed by atoms with Crippen molar-refractivity contribution < 1.29 is 58.2 Å². The zero-order chi connectivity index (χ0) is 54.9. The largest absolute Gasteiger partial charge is 0.391 e. The summed E-state index contributed by atoms with van der Waals surface area (Å²) in [7, 11) is 0. The minimum Gasteiger partial charge on any atom is -0.391 e. The fraction of sp³-hybridized carbons (Fsp3) is 0.652. The van der Waals surface area contributed by atoms with E-state index in [9.17, 15) is 58.2 Å². The fourth-order valence-corrected chi connectivity index (χ4v) is 7.47. The first-order valence-electron chi connectivity index (χ1n) is 24.4. The van der Waals surface area contributed by atoms with Crippen LogP contribution in [0.5, 0.6) is 0 Å². The molecule has 0 bridgehead atoms. The smallest absolute Gasteiger partial charge is 0.245 e. The molecule has 0 saturated carbocycles. The maximum Gasteiger partial charge on any atom is 0.245 e. The second-order valence-corrected chi connectivity index (χ2v) is 18.4. The Morgan fingerprint density at radius 2 is 1.08 bits per heavy atom. The number of rotatable bonds is 20. The lowest BCUT2D eigenvalue weighted by Crippen LogP contribution is -2.61. The highest BCUT2D eigenvalue weighted by Gasteiger charge is 2.37. The van der Waals surface area contributed by atoms with Crippen molar-refractivity contribution in [1.82, 2.24) is 53.2 Å². The van der Waals surface area contributed by atoms with E-state index in [-0.39, 0.29) is 70.6 Å². The molecule has 1 aliphatic rings. The first kappa shape index (κ1) is 62.8. The lowest BCUT2D eigenvalue weighted by molar-refractivity contribution is -0.136. The number of nitrogens with two attached hydrogens (primary N) is 5. The van der Waals surface area contributed by atoms with Crippen molar-refractivity contribution in [2.45, 2.75) is 152 Å². The molecule has 12 atom stereocenters. The third-order valence-electron chi connectivity index (χ3n) is 11.5. The number of hydrogen-bond acceptors (Lipinski definition) is 17. The Bertz CT molecular complexity index is 2010. The minimum absolute atomic E-state index is 0.0571. The predicted molar refractivity (Wildman–Crippen MR) is 266 cm³/mol. The molecule has 0 spiro atoms. The van der Waals surface area contributed by atoms with E-state index >= 15 is 0 Å². The van der Waals surface area contributed by atoms with Crippen LogP contribution < -0.4 is 81.8 Å². The van der Waals surface area contributed by atoms with Gasteiger partial charge in [0, 0.05) is 13.0 Å². The van der Waals surface area contributed by atoms with Crippen LogP contribution in [0.2, 0.25) is 0 Å². The van der Waals surface area contributed by atoms with Crippen LogP contribution in [0.3, 0.4) is 0 Å². The molecule has 0 aliphatic carbocycles. The number of aliphatic hydroxyl groups is 2. The molecule has 1 fully saturated rings. The number of benzene rings is 1. The Balaban J connectivity index is 2.75. The summed E-state index contributed by atoms with van der Waals surface area (Å²) in [5.74, 6) is -9.28. The van der Waals surface area contributed by atoms with Crippen molar-refractivity contribution in [3.05, 3.63) is 35.9 Å². The Hall–Kier alpha value is -6.36. The summed E-state index contributed by atoms with van der Waals surface area (Å²) in [6, 6.07) is -5.74. The number of aliphatic hydroxyl groups excluding tert-OH is 2. The first-order chi connectivity index (χ1) is 34.5. The van der Waals surface area contributed by atoms with Crippen molar-refractivity contribution in [3.8, 4) is 0 Å². The van der Waals surface area contributed by atoms with Crippen LogP contribution in [0, 0.1) is 5.92 Å². The van der Waals surface area contributed by atoms with Crippen molar-refractivity contribution in [2.75, 3.05) is 32.7 Å². The van der Waals surface area contributed by atoms with E-state index in [0.29, 0.717) is 5.56 Å². The molecule has 0 aromatic heterocycles. The summed E-state index contributed by atoms with van der Waals surface area (Å²) in [6.07, 6.45) is -4.21. The van der Waals surface area contributed by atoms with Crippen LogP contribution in [-0.4, -0.2) is 175 Å². The highest BCUT2D eigenvalue weighted by molar-refractivity contribution is 5.99. The molecule has 410 valence electrons. The van der Waals surface area contributed by atoms with Gasteiger partial charge in [-0.2, -0.15) is 0 Å². The molecular formula is C46H79N15O12. The van der Waals surface area contributed by atoms with E-state index < -0.39 is 145 Å². The van der Waals surface area contributed by atoms with Gasteiger partial charge in [0.05, 0.1) is 18.2 Å². The topological polar surface area (TPSA) is 462 Å². The second kappa shape index (κ2) is 32.0. The van der Waals surface area contributed by atoms with Crippen LogP contribution in [0.1, 0.15) is 78.7 Å². The predicted octanol–water partition coefficient (Wildman–Crippen LogP) is -7.34. The molecule has 0 radical (unpaired) electrons. The molecular weight excluding hydrogens is 955 g/mol. The van der Waals surface area contributed by atoms with E-state index in [1.54, 1.807) is 44.2 Å². The van der Waals surface area contributed by atoms with Crippen molar-refractivity contribution in [3.63, 3.8) is 0 Å². The van der Waals surface area contributed by atoms with Gasteiger partial charge in [-0.05, 0) is 97.0 Å². The molecule has 2 rings (SSSR count). The first-order valence-corrected chi connectivity index (χ1v) is 24.4. The summed E-state index contributed by atoms with van der Waals surface area (Å²) in [6.45, 7) is 6.30. The molecule has 1 saturated heterocycles. The van der Waals surface area contributed by atoms with Crippen LogP contribution >= 0.6 is 0 Å². The lowest BCUT2D eigenvalue weighted by atomic mass is 10.00. The number of hydrogen-bond donors (Lipinski definition) is 17. The second-order valence-electron chi connectivity index (χ2n) is 18.4. The Kier molecular flexibility index (Phi) is 27.5. The Morgan fingerprint density at radius 3 is 1.56 bits per heavy atom. The monoisotopic (exact) mass is 1030 g/mol. The molecule has 10 amide bonds. The maximum atomic E-state index is 14.3. The number of nitrogens with one attached hydrogen (secondary N) is 10. The van der Waals surface area contributed by atoms with Crippen LogP contribution in [0.15, 0.2) is 30.3 Å². The molecule has 22 N–H and O–H groups in total. The van der Waals surface area contributed by atoms with Gasteiger partial charge in [-0.15, -0.1) is 0 Å². The molecule has 1 heterocycles. The van der Waals surface area contributed by atoms with E-state index in [2.05, 4.69) is 53.2 Å². The van der Waals surface area contributed by atoms with Crippen LogP contribution in [-0.2, 0) is 54.4 Å². The summed E-state index contributed by atoms with van der Waals surface area (Å²) in [4.78, 5) is 138. The molecule has 1 aromatic carbocycles. The van der Waals surface area contributed by atoms with Gasteiger partial charge in [0.1, 0.15) is 54.4 Å². The summed E-state index contributed by atoms with van der Waals surface area (Å²) in [5, 5.41) is 46.2. The van der Waals surface area contributed by atoms with Gasteiger partial charge in [0.15, 0.2) is 0 Å². The highest BCUT2D eigenvalue weighted by atomic mass is 16.3. The standard InChI is InChI=1S/C46H79N15O12/c1-23(2)21-33-43(70)55-28(11-16-47)38(65)54-31(14-19-50)42(69)61-35(25(4)62)45(72)52-20-15-32(56-39(66)30(13-18-49)57-46(73)36(26(5)63)60-37(64)24(3)51)41(68)53-29(12-17-48)40(67)59-34(44(71)58-33)22-27-9-7-6-8-10-27/h6-10,23-26,28-36,62-63H,11-22,47-51H2,1-5H3,(H,52,72)(H,53,68)(H,54,65)(H,55,70)(H,56,66)(H,57,73)(H,58,71)(H,59,67)(H,60,64)(H,61,69)/t24-,25+,26+,28-,29-,30-,31-,32-,33-,34+,35-,36-/m0/s1. The third-order valence-corrected chi connectivity index (χ3v) is 11.5. The van der Waals surface area contributed by atoms with E-state index in [1.807, 2.05) is 0 Å². The molecule has 73 heavy (non-hydrogen) atoms. The minimum atomic E-state index is -1.66. The van der Waals surface area contributed by atoms with Gasteiger partial charge in [0.25, 0.3) is 0 Å². The van der Waals surface area contributed by atoms with Gasteiger partial charge in [-0.25, -0.2) is 0 Å². The number of carbonyl (C=O) groups is 10. The molecule has 27 nitrogen and oxygen atoms in total. The number of carbonyl (C=O) groups excluding carboxylic acids is 10. The lowest BCUT2D eigenvalue weighted by Gasteiger charge is -2.28. The van der Waals surface area contributed by atoms with Gasteiger partial charge < -0.3 is 92.0 Å². The number of amides is 10. The average Bonchev–Trinajstić information content (AvgIpc) is 3.32. The van der Waals surface area contributed by atoms with Gasteiger partial charge in [0.2, 0.25) is 59.1 Å². The van der Waals surface area contributed by atoms with Crippen LogP contribution in [0.4, 0.5) is 0 Å². The molecule has 1 aromatic rings. The maximum absolute atomic E-state index is 14.3. The Morgan fingerprint density at radius 1 is 0.603 bits per heavy atom. The van der Waals surface area contributed by atoms with Gasteiger partial charge in [-0.3, -0.25) is 47.9 Å². The summed E-state index contributed by atoms with van der Waals surface area (Å²) in [5.41, 5.74) is 29.6. The molecule has 0 unspecified atom stereocenters. The zero-order valence-electron chi connectivity index (χ0n) is 42.2. The zero-order valence-corrected chi connectivity index (χ0v) is 42.2. The molecule has 1 aliphatic heterocycles. The van der Waals surface area contributed by atoms with E-state index in [0.717, 1.165) is 0 Å². The van der Waals surface area contributed by atoms with Crippen molar-refractivity contribution in [1.29, 1.82) is 0 Å². The third kappa shape index (κ3) is 21.3. The molecule has 27 heteroatoms. The summed E-state index contributed by atoms with van der Waals surface area (Å²) >= 11 is 0. The van der Waals surface area contributed by atoms with E-state index in [4.69, 9.17) is 28.7 Å². The van der Waals surface area contributed by atoms with Crippen molar-refractivity contribution in [2.24, 2.45) is 34.6 Å². The van der Waals surface area contributed by atoms with Crippen LogP contribution in [0.25, 0.3) is 0 Å². The van der Waals surface area contributed by atoms with Gasteiger partial charge >= 0.3 is 0 Å². The highest BCUT2D eigenvalue weighted by Crippen LogP contribution is 2.11. The van der Waals surface area contributed by atoms with Gasteiger partial charge in [-0.1, -0.05) is 44.2 Å².